The SMILES string of the molecule is CC(CN)C(=O)NCc1ccc2[nH]c(=O)[nH]c2c1. The lowest BCUT2D eigenvalue weighted by Gasteiger charge is -2.09. The monoisotopic (exact) mass is 248 g/mol. The Balaban J connectivity index is 2.08. The number of carbonyl (C=O) groups excluding carboxylic acids is 1. The molecule has 5 N–H and O–H groups in total. The Kier molecular flexibility index (Phi) is 3.47. The van der Waals surface area contributed by atoms with Crippen LogP contribution in [-0.2, 0) is 11.3 Å². The lowest BCUT2D eigenvalue weighted by molar-refractivity contribution is -0.124. The molecule has 0 aliphatic rings. The van der Waals surface area contributed by atoms with Crippen LogP contribution in [0.1, 0.15) is 12.5 Å². The van der Waals surface area contributed by atoms with Gasteiger partial charge in [0.25, 0.3) is 0 Å². The van der Waals surface area contributed by atoms with Gasteiger partial charge in [-0.3, -0.25) is 4.79 Å². The third kappa shape index (κ3) is 2.60. The van der Waals surface area contributed by atoms with Crippen molar-refractivity contribution < 1.29 is 4.79 Å². The van der Waals surface area contributed by atoms with E-state index in [1.165, 1.54) is 0 Å². The number of rotatable bonds is 4. The minimum Gasteiger partial charge on any atom is -0.352 e. The molecule has 1 aromatic carbocycles. The number of hydrogen-bond donors (Lipinski definition) is 4. The van der Waals surface area contributed by atoms with Gasteiger partial charge in [-0.05, 0) is 17.7 Å². The number of hydrogen-bond acceptors (Lipinski definition) is 3. The molecule has 0 bridgehead atoms. The highest BCUT2D eigenvalue weighted by atomic mass is 16.2. The van der Waals surface area contributed by atoms with E-state index in [0.717, 1.165) is 16.6 Å². The van der Waals surface area contributed by atoms with E-state index in [1.54, 1.807) is 13.0 Å². The van der Waals surface area contributed by atoms with E-state index in [0.29, 0.717) is 13.1 Å². The fourth-order valence-corrected chi connectivity index (χ4v) is 1.66. The summed E-state index contributed by atoms with van der Waals surface area (Å²) in [4.78, 5) is 28.0. The molecule has 0 saturated carbocycles. The molecule has 1 atom stereocenters. The molecule has 0 aliphatic carbocycles. The molecule has 0 fully saturated rings. The van der Waals surface area contributed by atoms with Gasteiger partial charge in [-0.1, -0.05) is 13.0 Å². The first kappa shape index (κ1) is 12.4. The van der Waals surface area contributed by atoms with Gasteiger partial charge in [0.1, 0.15) is 0 Å². The lowest BCUT2D eigenvalue weighted by atomic mass is 10.1. The van der Waals surface area contributed by atoms with Crippen LogP contribution in [0.3, 0.4) is 0 Å². The van der Waals surface area contributed by atoms with E-state index in [2.05, 4.69) is 15.3 Å². The van der Waals surface area contributed by atoms with Crippen LogP contribution in [0.5, 0.6) is 0 Å². The van der Waals surface area contributed by atoms with Gasteiger partial charge >= 0.3 is 5.69 Å². The molecule has 6 heteroatoms. The van der Waals surface area contributed by atoms with Crippen molar-refractivity contribution in [3.05, 3.63) is 34.2 Å². The Labute approximate surface area is 104 Å². The van der Waals surface area contributed by atoms with E-state index >= 15 is 0 Å². The summed E-state index contributed by atoms with van der Waals surface area (Å²) in [5, 5.41) is 2.80. The second kappa shape index (κ2) is 5.05. The highest BCUT2D eigenvalue weighted by Gasteiger charge is 2.10. The van der Waals surface area contributed by atoms with Crippen molar-refractivity contribution in [2.24, 2.45) is 11.7 Å². The van der Waals surface area contributed by atoms with E-state index in [-0.39, 0.29) is 17.5 Å². The molecule has 96 valence electrons. The molecule has 0 spiro atoms. The van der Waals surface area contributed by atoms with Crippen molar-refractivity contribution in [1.82, 2.24) is 15.3 Å². The summed E-state index contributed by atoms with van der Waals surface area (Å²) in [6, 6.07) is 5.50. The van der Waals surface area contributed by atoms with Crippen LogP contribution in [0.2, 0.25) is 0 Å². The van der Waals surface area contributed by atoms with Crippen LogP contribution in [0.25, 0.3) is 11.0 Å². The van der Waals surface area contributed by atoms with Crippen molar-refractivity contribution in [3.8, 4) is 0 Å². The van der Waals surface area contributed by atoms with Gasteiger partial charge in [0.2, 0.25) is 5.91 Å². The third-order valence-electron chi connectivity index (χ3n) is 2.85. The highest BCUT2D eigenvalue weighted by Crippen LogP contribution is 2.10. The summed E-state index contributed by atoms with van der Waals surface area (Å²) >= 11 is 0. The number of H-pyrrole nitrogens is 2. The maximum atomic E-state index is 11.6. The number of fused-ring (bicyclic) bond motifs is 1. The molecule has 2 rings (SSSR count). The average molecular weight is 248 g/mol. The smallest absolute Gasteiger partial charge is 0.323 e. The molecule has 0 aliphatic heterocycles. The van der Waals surface area contributed by atoms with E-state index in [4.69, 9.17) is 5.73 Å². The summed E-state index contributed by atoms with van der Waals surface area (Å²) in [5.74, 6) is -0.263. The van der Waals surface area contributed by atoms with Crippen molar-refractivity contribution >= 4 is 16.9 Å². The van der Waals surface area contributed by atoms with Crippen molar-refractivity contribution in [1.29, 1.82) is 0 Å². The Morgan fingerprint density at radius 3 is 2.83 bits per heavy atom. The summed E-state index contributed by atoms with van der Waals surface area (Å²) < 4.78 is 0. The highest BCUT2D eigenvalue weighted by molar-refractivity contribution is 5.79. The fraction of sp³-hybridized carbons (Fsp3) is 0.333. The standard InChI is InChI=1S/C12H16N4O2/c1-7(5-13)11(17)14-6-8-2-3-9-10(4-8)16-12(18)15-9/h2-4,7H,5-6,13H2,1H3,(H,14,17)(H2,15,16,18). The van der Waals surface area contributed by atoms with Crippen LogP contribution >= 0.6 is 0 Å². The minimum atomic E-state index is -0.233. The zero-order valence-corrected chi connectivity index (χ0v) is 10.1. The van der Waals surface area contributed by atoms with Crippen molar-refractivity contribution in [3.63, 3.8) is 0 Å². The van der Waals surface area contributed by atoms with Crippen LogP contribution in [0.15, 0.2) is 23.0 Å². The third-order valence-corrected chi connectivity index (χ3v) is 2.85. The van der Waals surface area contributed by atoms with Gasteiger partial charge in [-0.2, -0.15) is 0 Å². The number of nitrogens with two attached hydrogens (primary N) is 1. The van der Waals surface area contributed by atoms with Crippen LogP contribution in [0, 0.1) is 5.92 Å². The lowest BCUT2D eigenvalue weighted by Crippen LogP contribution is -2.32. The topological polar surface area (TPSA) is 104 Å². The summed E-state index contributed by atoms with van der Waals surface area (Å²) in [6.07, 6.45) is 0. The number of benzene rings is 1. The van der Waals surface area contributed by atoms with Crippen LogP contribution in [-0.4, -0.2) is 22.4 Å². The van der Waals surface area contributed by atoms with Gasteiger partial charge < -0.3 is 21.0 Å². The average Bonchev–Trinajstić information content (AvgIpc) is 2.74. The minimum absolute atomic E-state index is 0.0693. The molecule has 1 aromatic heterocycles. The Morgan fingerprint density at radius 1 is 1.39 bits per heavy atom. The number of nitrogens with one attached hydrogen (secondary N) is 3. The zero-order chi connectivity index (χ0) is 13.1. The second-order valence-corrected chi connectivity index (χ2v) is 4.31. The maximum absolute atomic E-state index is 11.6. The summed E-state index contributed by atoms with van der Waals surface area (Å²) in [5.41, 5.74) is 7.60. The maximum Gasteiger partial charge on any atom is 0.323 e. The van der Waals surface area contributed by atoms with Gasteiger partial charge in [0.15, 0.2) is 0 Å². The number of aromatic amines is 2. The van der Waals surface area contributed by atoms with Gasteiger partial charge in [-0.15, -0.1) is 0 Å². The van der Waals surface area contributed by atoms with Gasteiger partial charge in [0, 0.05) is 19.0 Å². The molecule has 1 amide bonds. The van der Waals surface area contributed by atoms with Crippen LogP contribution < -0.4 is 16.7 Å². The number of amides is 1. The van der Waals surface area contributed by atoms with E-state index in [1.807, 2.05) is 12.1 Å². The first-order chi connectivity index (χ1) is 8.60. The fourth-order valence-electron chi connectivity index (χ4n) is 1.66. The van der Waals surface area contributed by atoms with Gasteiger partial charge in [-0.25, -0.2) is 4.79 Å². The number of aromatic nitrogens is 2. The second-order valence-electron chi connectivity index (χ2n) is 4.31. The summed E-state index contributed by atoms with van der Waals surface area (Å²) in [6.45, 7) is 2.53. The zero-order valence-electron chi connectivity index (χ0n) is 10.1. The first-order valence-electron chi connectivity index (χ1n) is 5.79. The molecule has 1 unspecified atom stereocenters. The molecular weight excluding hydrogens is 232 g/mol. The molecule has 0 radical (unpaired) electrons. The first-order valence-corrected chi connectivity index (χ1v) is 5.79. The van der Waals surface area contributed by atoms with Gasteiger partial charge in [0.05, 0.1) is 11.0 Å². The summed E-state index contributed by atoms with van der Waals surface area (Å²) in [7, 11) is 0. The van der Waals surface area contributed by atoms with Crippen molar-refractivity contribution in [2.75, 3.05) is 6.54 Å². The normalized spacial score (nSPS) is 12.6. The molecule has 6 nitrogen and oxygen atoms in total. The predicted octanol–water partition coefficient (Wildman–Crippen LogP) is 0.0672. The Hall–Kier alpha value is -2.08. The Morgan fingerprint density at radius 2 is 2.11 bits per heavy atom. The quantitative estimate of drug-likeness (QED) is 0.615. The molecule has 2 aromatic rings. The van der Waals surface area contributed by atoms with Crippen LogP contribution in [0.4, 0.5) is 0 Å². The van der Waals surface area contributed by atoms with E-state index < -0.39 is 0 Å². The van der Waals surface area contributed by atoms with E-state index in [9.17, 15) is 9.59 Å². The number of carbonyl (C=O) groups is 1. The molecule has 0 saturated heterocycles. The van der Waals surface area contributed by atoms with Crippen molar-refractivity contribution in [2.45, 2.75) is 13.5 Å². The largest absolute Gasteiger partial charge is 0.352 e. The molecule has 1 heterocycles. The molecular formula is C12H16N4O2. The predicted molar refractivity (Wildman–Crippen MR) is 69.0 cm³/mol. The molecule has 18 heavy (non-hydrogen) atoms. The Bertz CT molecular complexity index is 614. The number of imidazole rings is 1.